The molecule has 100 valence electrons. The molecule has 0 aliphatic heterocycles. The molecule has 0 amide bonds. The summed E-state index contributed by atoms with van der Waals surface area (Å²) in [7, 11) is -3.53. The average Bonchev–Trinajstić information content (AvgIpc) is 2.33. The zero-order valence-electron chi connectivity index (χ0n) is 11.3. The maximum atomic E-state index is 12.3. The third kappa shape index (κ3) is 2.96. The van der Waals surface area contributed by atoms with Crippen molar-refractivity contribution in [1.82, 2.24) is 0 Å². The predicted molar refractivity (Wildman–Crippen MR) is 77.9 cm³/mol. The van der Waals surface area contributed by atoms with Crippen LogP contribution in [0.15, 0.2) is 47.4 Å². The maximum absolute atomic E-state index is 12.3. The second-order valence-electron chi connectivity index (χ2n) is 4.69. The largest absolute Gasteiger partial charge is 0.279 e. The molecule has 0 atom stereocenters. The molecule has 1 N–H and O–H groups in total. The standard InChI is InChI=1S/C15H17NO2S/c1-11-8-9-14(13(3)10-11)16-19(17,18)15-7-5-4-6-12(15)2/h4-10,16H,1-3H3. The first-order chi connectivity index (χ1) is 8.90. The van der Waals surface area contributed by atoms with Crippen LogP contribution in [0.3, 0.4) is 0 Å². The molecule has 0 aliphatic carbocycles. The van der Waals surface area contributed by atoms with Gasteiger partial charge in [-0.15, -0.1) is 0 Å². The van der Waals surface area contributed by atoms with Crippen LogP contribution in [0, 0.1) is 20.8 Å². The first kappa shape index (κ1) is 13.6. The Balaban J connectivity index is 2.40. The van der Waals surface area contributed by atoms with E-state index in [0.29, 0.717) is 10.6 Å². The van der Waals surface area contributed by atoms with E-state index in [0.717, 1.165) is 16.7 Å². The van der Waals surface area contributed by atoms with Gasteiger partial charge in [-0.25, -0.2) is 8.42 Å². The number of rotatable bonds is 3. The van der Waals surface area contributed by atoms with Gasteiger partial charge >= 0.3 is 0 Å². The van der Waals surface area contributed by atoms with Crippen molar-refractivity contribution in [2.75, 3.05) is 4.72 Å². The Kier molecular flexibility index (Phi) is 3.62. The van der Waals surface area contributed by atoms with Gasteiger partial charge in [0.2, 0.25) is 0 Å². The summed E-state index contributed by atoms with van der Waals surface area (Å²) in [5.74, 6) is 0. The molecule has 2 aromatic carbocycles. The van der Waals surface area contributed by atoms with E-state index in [2.05, 4.69) is 4.72 Å². The fourth-order valence-electron chi connectivity index (χ4n) is 1.99. The quantitative estimate of drug-likeness (QED) is 0.933. The SMILES string of the molecule is Cc1ccc(NS(=O)(=O)c2ccccc2C)c(C)c1. The molecule has 4 heteroatoms. The second-order valence-corrected chi connectivity index (χ2v) is 6.34. The number of benzene rings is 2. The molecule has 0 heterocycles. The van der Waals surface area contributed by atoms with Gasteiger partial charge in [0, 0.05) is 0 Å². The lowest BCUT2D eigenvalue weighted by Crippen LogP contribution is -2.14. The molecular weight excluding hydrogens is 258 g/mol. The Hall–Kier alpha value is -1.81. The first-order valence-corrected chi connectivity index (χ1v) is 7.54. The van der Waals surface area contributed by atoms with Crippen LogP contribution in [0.2, 0.25) is 0 Å². The topological polar surface area (TPSA) is 46.2 Å². The highest BCUT2D eigenvalue weighted by Gasteiger charge is 2.16. The molecule has 3 nitrogen and oxygen atoms in total. The number of hydrogen-bond acceptors (Lipinski definition) is 2. The number of anilines is 1. The van der Waals surface area contributed by atoms with Crippen molar-refractivity contribution < 1.29 is 8.42 Å². The molecule has 0 saturated carbocycles. The average molecular weight is 275 g/mol. The van der Waals surface area contributed by atoms with Crippen molar-refractivity contribution in [1.29, 1.82) is 0 Å². The monoisotopic (exact) mass is 275 g/mol. The Labute approximate surface area is 114 Å². The third-order valence-corrected chi connectivity index (χ3v) is 4.54. The predicted octanol–water partition coefficient (Wildman–Crippen LogP) is 3.41. The van der Waals surface area contributed by atoms with Crippen LogP contribution in [-0.2, 0) is 10.0 Å². The normalized spacial score (nSPS) is 11.3. The molecule has 2 aromatic rings. The van der Waals surface area contributed by atoms with Crippen LogP contribution in [0.1, 0.15) is 16.7 Å². The number of hydrogen-bond donors (Lipinski definition) is 1. The molecule has 0 bridgehead atoms. The Morgan fingerprint density at radius 3 is 2.21 bits per heavy atom. The van der Waals surface area contributed by atoms with Crippen LogP contribution < -0.4 is 4.72 Å². The highest BCUT2D eigenvalue weighted by atomic mass is 32.2. The summed E-state index contributed by atoms with van der Waals surface area (Å²) in [6.07, 6.45) is 0. The molecule has 19 heavy (non-hydrogen) atoms. The summed E-state index contributed by atoms with van der Waals surface area (Å²) in [5, 5.41) is 0. The van der Waals surface area contributed by atoms with E-state index in [1.165, 1.54) is 0 Å². The number of sulfonamides is 1. The van der Waals surface area contributed by atoms with Crippen molar-refractivity contribution >= 4 is 15.7 Å². The van der Waals surface area contributed by atoms with E-state index in [1.807, 2.05) is 32.0 Å². The zero-order chi connectivity index (χ0) is 14.0. The Morgan fingerprint density at radius 2 is 1.58 bits per heavy atom. The minimum atomic E-state index is -3.53. The van der Waals surface area contributed by atoms with Gasteiger partial charge in [0.05, 0.1) is 10.6 Å². The highest BCUT2D eigenvalue weighted by Crippen LogP contribution is 2.22. The van der Waals surface area contributed by atoms with Crippen molar-refractivity contribution in [3.8, 4) is 0 Å². The lowest BCUT2D eigenvalue weighted by Gasteiger charge is -2.12. The summed E-state index contributed by atoms with van der Waals surface area (Å²) in [6, 6.07) is 12.6. The summed E-state index contributed by atoms with van der Waals surface area (Å²) < 4.78 is 27.3. The van der Waals surface area contributed by atoms with Gasteiger partial charge in [-0.3, -0.25) is 4.72 Å². The van der Waals surface area contributed by atoms with Gasteiger partial charge < -0.3 is 0 Å². The van der Waals surface area contributed by atoms with E-state index < -0.39 is 10.0 Å². The van der Waals surface area contributed by atoms with Crippen LogP contribution in [0.5, 0.6) is 0 Å². The third-order valence-electron chi connectivity index (χ3n) is 3.01. The van der Waals surface area contributed by atoms with Gasteiger partial charge in [-0.1, -0.05) is 35.9 Å². The Bertz CT molecular complexity index is 706. The first-order valence-electron chi connectivity index (χ1n) is 6.06. The molecule has 0 fully saturated rings. The van der Waals surface area contributed by atoms with Crippen molar-refractivity contribution in [3.63, 3.8) is 0 Å². The van der Waals surface area contributed by atoms with Crippen molar-refractivity contribution in [3.05, 3.63) is 59.2 Å². The summed E-state index contributed by atoms with van der Waals surface area (Å²) >= 11 is 0. The van der Waals surface area contributed by atoms with E-state index >= 15 is 0 Å². The fraction of sp³-hybridized carbons (Fsp3) is 0.200. The van der Waals surface area contributed by atoms with Crippen LogP contribution in [0.4, 0.5) is 5.69 Å². The molecule has 0 aliphatic rings. The molecule has 0 aromatic heterocycles. The minimum Gasteiger partial charge on any atom is -0.279 e. The minimum absolute atomic E-state index is 0.315. The molecule has 0 unspecified atom stereocenters. The van der Waals surface area contributed by atoms with Crippen LogP contribution in [0.25, 0.3) is 0 Å². The Morgan fingerprint density at radius 1 is 0.895 bits per heavy atom. The van der Waals surface area contributed by atoms with Gasteiger partial charge in [0.25, 0.3) is 10.0 Å². The summed E-state index contributed by atoms with van der Waals surface area (Å²) in [4.78, 5) is 0.315. The van der Waals surface area contributed by atoms with E-state index in [-0.39, 0.29) is 0 Å². The molecule has 2 rings (SSSR count). The lowest BCUT2D eigenvalue weighted by molar-refractivity contribution is 0.600. The number of aryl methyl sites for hydroxylation is 3. The van der Waals surface area contributed by atoms with Gasteiger partial charge in [-0.2, -0.15) is 0 Å². The zero-order valence-corrected chi connectivity index (χ0v) is 12.1. The molecule has 0 radical (unpaired) electrons. The number of nitrogens with one attached hydrogen (secondary N) is 1. The smallest absolute Gasteiger partial charge is 0.262 e. The molecular formula is C15H17NO2S. The van der Waals surface area contributed by atoms with E-state index in [1.54, 1.807) is 31.2 Å². The van der Waals surface area contributed by atoms with Crippen molar-refractivity contribution in [2.24, 2.45) is 0 Å². The second kappa shape index (κ2) is 5.05. The van der Waals surface area contributed by atoms with Gasteiger partial charge in [0.15, 0.2) is 0 Å². The van der Waals surface area contributed by atoms with Crippen molar-refractivity contribution in [2.45, 2.75) is 25.7 Å². The van der Waals surface area contributed by atoms with Crippen LogP contribution >= 0.6 is 0 Å². The summed E-state index contributed by atoms with van der Waals surface area (Å²) in [5.41, 5.74) is 3.38. The highest BCUT2D eigenvalue weighted by molar-refractivity contribution is 7.92. The maximum Gasteiger partial charge on any atom is 0.262 e. The molecule has 0 saturated heterocycles. The van der Waals surface area contributed by atoms with Crippen LogP contribution in [-0.4, -0.2) is 8.42 Å². The van der Waals surface area contributed by atoms with Gasteiger partial charge in [-0.05, 0) is 44.0 Å². The fourth-order valence-corrected chi connectivity index (χ4v) is 3.36. The lowest BCUT2D eigenvalue weighted by atomic mass is 10.1. The van der Waals surface area contributed by atoms with E-state index in [9.17, 15) is 8.42 Å². The summed E-state index contributed by atoms with van der Waals surface area (Å²) in [6.45, 7) is 5.66. The van der Waals surface area contributed by atoms with E-state index in [4.69, 9.17) is 0 Å². The molecule has 0 spiro atoms. The van der Waals surface area contributed by atoms with Gasteiger partial charge in [0.1, 0.15) is 0 Å².